The van der Waals surface area contributed by atoms with Gasteiger partial charge in [0, 0.05) is 45.7 Å². The molecule has 3 rings (SSSR count). The molecule has 2 aliphatic heterocycles. The van der Waals surface area contributed by atoms with Crippen molar-refractivity contribution in [3.63, 3.8) is 0 Å². The van der Waals surface area contributed by atoms with Crippen LogP contribution in [0.25, 0.3) is 0 Å². The van der Waals surface area contributed by atoms with Crippen molar-refractivity contribution in [2.75, 3.05) is 47.1 Å². The van der Waals surface area contributed by atoms with Crippen molar-refractivity contribution in [3.05, 3.63) is 18.2 Å². The Kier molecular flexibility index (Phi) is 8.22. The van der Waals surface area contributed by atoms with E-state index in [9.17, 15) is 4.79 Å². The average molecular weight is 415 g/mol. The Bertz CT molecular complexity index is 621. The van der Waals surface area contributed by atoms with E-state index in [0.29, 0.717) is 62.9 Å². The molecule has 2 N–H and O–H groups in total. The van der Waals surface area contributed by atoms with Crippen molar-refractivity contribution in [1.82, 2.24) is 4.90 Å². The number of methoxy groups -OCH3 is 2. The zero-order valence-corrected chi connectivity index (χ0v) is 17.5. The molecular formula is C20H31ClN2O5. The summed E-state index contributed by atoms with van der Waals surface area (Å²) in [5.74, 6) is 2.09. The van der Waals surface area contributed by atoms with E-state index in [0.717, 1.165) is 12.8 Å². The van der Waals surface area contributed by atoms with Crippen LogP contribution in [0.5, 0.6) is 17.2 Å². The van der Waals surface area contributed by atoms with Gasteiger partial charge in [0.2, 0.25) is 11.7 Å². The molecule has 2 heterocycles. The normalized spacial score (nSPS) is 19.5. The quantitative estimate of drug-likeness (QED) is 0.768. The minimum absolute atomic E-state index is 0. The largest absolute Gasteiger partial charge is 0.493 e. The number of benzene rings is 1. The Morgan fingerprint density at radius 2 is 1.75 bits per heavy atom. The maximum Gasteiger partial charge on any atom is 0.230 e. The lowest BCUT2D eigenvalue weighted by atomic mass is 9.78. The third kappa shape index (κ3) is 4.64. The van der Waals surface area contributed by atoms with Gasteiger partial charge in [-0.2, -0.15) is 0 Å². The van der Waals surface area contributed by atoms with Crippen molar-refractivity contribution in [3.8, 4) is 17.2 Å². The second kappa shape index (κ2) is 10.2. The second-order valence-electron chi connectivity index (χ2n) is 7.20. The fourth-order valence-corrected chi connectivity index (χ4v) is 3.88. The summed E-state index contributed by atoms with van der Waals surface area (Å²) in [5, 5.41) is 0. The maximum absolute atomic E-state index is 13.1. The minimum Gasteiger partial charge on any atom is -0.493 e. The predicted octanol–water partition coefficient (Wildman–Crippen LogP) is 2.25. The van der Waals surface area contributed by atoms with Gasteiger partial charge in [0.05, 0.1) is 19.6 Å². The van der Waals surface area contributed by atoms with Crippen LogP contribution < -0.4 is 19.9 Å². The molecule has 1 aromatic rings. The number of piperidine rings is 1. The first-order chi connectivity index (χ1) is 13.1. The number of nitrogens with zero attached hydrogens (tertiary/aromatic N) is 1. The van der Waals surface area contributed by atoms with Gasteiger partial charge >= 0.3 is 0 Å². The highest BCUT2D eigenvalue weighted by atomic mass is 35.5. The molecule has 0 bridgehead atoms. The molecule has 0 aliphatic carbocycles. The van der Waals surface area contributed by atoms with Crippen LogP contribution in [0.4, 0.5) is 0 Å². The Morgan fingerprint density at radius 1 is 1.18 bits per heavy atom. The molecule has 2 saturated heterocycles. The van der Waals surface area contributed by atoms with E-state index in [1.54, 1.807) is 14.2 Å². The van der Waals surface area contributed by atoms with Crippen LogP contribution in [0, 0.1) is 5.41 Å². The van der Waals surface area contributed by atoms with Gasteiger partial charge in [-0.1, -0.05) is 6.07 Å². The summed E-state index contributed by atoms with van der Waals surface area (Å²) < 4.78 is 22.4. The molecule has 28 heavy (non-hydrogen) atoms. The van der Waals surface area contributed by atoms with Crippen LogP contribution >= 0.6 is 12.4 Å². The van der Waals surface area contributed by atoms with Gasteiger partial charge in [-0.25, -0.2) is 0 Å². The first-order valence-corrected chi connectivity index (χ1v) is 9.58. The number of amides is 1. The zero-order valence-electron chi connectivity index (χ0n) is 16.6. The molecule has 0 atom stereocenters. The molecule has 158 valence electrons. The molecule has 0 spiro atoms. The topological polar surface area (TPSA) is 83.2 Å². The Labute approximate surface area is 172 Å². The van der Waals surface area contributed by atoms with E-state index in [-0.39, 0.29) is 24.4 Å². The first kappa shape index (κ1) is 22.6. The van der Waals surface area contributed by atoms with E-state index < -0.39 is 5.41 Å². The van der Waals surface area contributed by atoms with E-state index in [1.807, 2.05) is 23.1 Å². The lowest BCUT2D eigenvalue weighted by molar-refractivity contribution is -0.149. The van der Waals surface area contributed by atoms with Crippen LogP contribution in [0.15, 0.2) is 18.2 Å². The number of carbonyl (C=O) groups excluding carboxylic acids is 1. The monoisotopic (exact) mass is 414 g/mol. The molecule has 0 saturated carbocycles. The summed E-state index contributed by atoms with van der Waals surface area (Å²) >= 11 is 0. The van der Waals surface area contributed by atoms with Crippen LogP contribution in [-0.2, 0) is 9.53 Å². The van der Waals surface area contributed by atoms with Gasteiger partial charge in [0.15, 0.2) is 11.5 Å². The minimum atomic E-state index is -0.461. The summed E-state index contributed by atoms with van der Waals surface area (Å²) in [6.45, 7) is 2.93. The van der Waals surface area contributed by atoms with Crippen molar-refractivity contribution < 1.29 is 23.7 Å². The van der Waals surface area contributed by atoms with Crippen LogP contribution in [0.2, 0.25) is 0 Å². The molecule has 1 amide bonds. The van der Waals surface area contributed by atoms with Gasteiger partial charge in [0.25, 0.3) is 0 Å². The molecule has 2 aliphatic rings. The van der Waals surface area contributed by atoms with Crippen LogP contribution in [-0.4, -0.2) is 64.0 Å². The number of carbonyl (C=O) groups is 1. The maximum atomic E-state index is 13.1. The van der Waals surface area contributed by atoms with Gasteiger partial charge in [-0.05, 0) is 25.0 Å². The van der Waals surface area contributed by atoms with E-state index in [2.05, 4.69) is 0 Å². The van der Waals surface area contributed by atoms with E-state index in [1.165, 1.54) is 0 Å². The molecule has 2 fully saturated rings. The third-order valence-electron chi connectivity index (χ3n) is 5.69. The number of nitrogens with two attached hydrogens (primary N) is 1. The fourth-order valence-electron chi connectivity index (χ4n) is 3.88. The van der Waals surface area contributed by atoms with Crippen LogP contribution in [0.3, 0.4) is 0 Å². The summed E-state index contributed by atoms with van der Waals surface area (Å²) in [5.41, 5.74) is 5.52. The first-order valence-electron chi connectivity index (χ1n) is 9.58. The number of hydrogen-bond acceptors (Lipinski definition) is 6. The number of ether oxygens (including phenoxy) is 4. The lowest BCUT2D eigenvalue weighted by Crippen LogP contribution is -2.53. The standard InChI is InChI=1S/C20H30N2O5.ClH/c1-24-16-4-3-5-17(25-2)18(16)27-15-6-10-22(11-7-15)19(23)20(14-21)8-12-26-13-9-20;/h3-5,15H,6-14,21H2,1-2H3;1H. The van der Waals surface area contributed by atoms with Crippen molar-refractivity contribution in [2.45, 2.75) is 31.8 Å². The highest BCUT2D eigenvalue weighted by Crippen LogP contribution is 2.39. The third-order valence-corrected chi connectivity index (χ3v) is 5.69. The van der Waals surface area contributed by atoms with E-state index >= 15 is 0 Å². The number of halogens is 1. The van der Waals surface area contributed by atoms with Crippen LogP contribution in [0.1, 0.15) is 25.7 Å². The van der Waals surface area contributed by atoms with Gasteiger partial charge in [-0.15, -0.1) is 12.4 Å². The molecular weight excluding hydrogens is 384 g/mol. The van der Waals surface area contributed by atoms with Crippen molar-refractivity contribution in [1.29, 1.82) is 0 Å². The SMILES string of the molecule is COc1cccc(OC)c1OC1CCN(C(=O)C2(CN)CCOCC2)CC1.Cl. The molecule has 0 radical (unpaired) electrons. The van der Waals surface area contributed by atoms with Crippen molar-refractivity contribution >= 4 is 18.3 Å². The number of rotatable bonds is 6. The van der Waals surface area contributed by atoms with E-state index in [4.69, 9.17) is 24.7 Å². The summed E-state index contributed by atoms with van der Waals surface area (Å²) in [6.07, 6.45) is 2.96. The summed E-state index contributed by atoms with van der Waals surface area (Å²) in [6, 6.07) is 5.57. The molecule has 7 nitrogen and oxygen atoms in total. The molecule has 0 aromatic heterocycles. The second-order valence-corrected chi connectivity index (χ2v) is 7.20. The van der Waals surface area contributed by atoms with Crippen molar-refractivity contribution in [2.24, 2.45) is 11.1 Å². The Hall–Kier alpha value is -1.70. The zero-order chi connectivity index (χ0) is 19.3. The smallest absolute Gasteiger partial charge is 0.230 e. The van der Waals surface area contributed by atoms with Gasteiger partial charge < -0.3 is 29.6 Å². The summed E-state index contributed by atoms with van der Waals surface area (Å²) in [4.78, 5) is 15.0. The highest BCUT2D eigenvalue weighted by Gasteiger charge is 2.42. The van der Waals surface area contributed by atoms with Gasteiger partial charge in [-0.3, -0.25) is 4.79 Å². The predicted molar refractivity (Wildman–Crippen MR) is 109 cm³/mol. The average Bonchev–Trinajstić information content (AvgIpc) is 2.74. The fraction of sp³-hybridized carbons (Fsp3) is 0.650. The molecule has 8 heteroatoms. The number of hydrogen-bond donors (Lipinski definition) is 1. The van der Waals surface area contributed by atoms with Gasteiger partial charge in [0.1, 0.15) is 6.10 Å². The highest BCUT2D eigenvalue weighted by molar-refractivity contribution is 5.85. The summed E-state index contributed by atoms with van der Waals surface area (Å²) in [7, 11) is 3.23. The number of para-hydroxylation sites is 1. The molecule has 1 aromatic carbocycles. The Balaban J connectivity index is 0.00000280. The Morgan fingerprint density at radius 3 is 2.25 bits per heavy atom. The lowest BCUT2D eigenvalue weighted by Gasteiger charge is -2.41. The number of likely N-dealkylation sites (tertiary alicyclic amines) is 1. The molecule has 0 unspecified atom stereocenters.